The molecule has 0 aromatic rings. The second kappa shape index (κ2) is 24.2. The van der Waals surface area contributed by atoms with E-state index in [1.807, 2.05) is 0 Å². The lowest BCUT2D eigenvalue weighted by Gasteiger charge is -2.40. The molecule has 0 aromatic heterocycles. The van der Waals surface area contributed by atoms with Gasteiger partial charge in [-0.05, 0) is 71.4 Å². The SMILES string of the molecule is CCCCCCCCC(CCCN1CCN(CCCCCCCCCC(C)(C)C)CC1)C(OCC)(OCC)OCC. The van der Waals surface area contributed by atoms with E-state index in [1.165, 1.54) is 136 Å². The standard InChI is InChI=1S/C36H74N2O3/c1-8-12-13-14-18-21-25-34(36(39-9-2,40-10-3)41-11-4)26-24-29-38-32-30-37(31-33-38)28-23-20-17-15-16-19-22-27-35(5,6)7/h34H,8-33H2,1-7H3. The topological polar surface area (TPSA) is 34.2 Å². The van der Waals surface area contributed by atoms with Crippen molar-refractivity contribution in [1.82, 2.24) is 9.80 Å². The van der Waals surface area contributed by atoms with Crippen molar-refractivity contribution in [1.29, 1.82) is 0 Å². The minimum atomic E-state index is -0.882. The maximum Gasteiger partial charge on any atom is 0.285 e. The lowest BCUT2D eigenvalue weighted by molar-refractivity contribution is -0.403. The van der Waals surface area contributed by atoms with Crippen molar-refractivity contribution in [3.63, 3.8) is 0 Å². The van der Waals surface area contributed by atoms with Gasteiger partial charge in [-0.2, -0.15) is 0 Å². The second-order valence-corrected chi connectivity index (χ2v) is 13.8. The fraction of sp³-hybridized carbons (Fsp3) is 1.00. The zero-order chi connectivity index (χ0) is 30.2. The molecule has 0 aliphatic carbocycles. The van der Waals surface area contributed by atoms with Gasteiger partial charge in [-0.1, -0.05) is 105 Å². The van der Waals surface area contributed by atoms with Crippen LogP contribution in [0.4, 0.5) is 0 Å². The molecule has 0 radical (unpaired) electrons. The predicted molar refractivity (Wildman–Crippen MR) is 178 cm³/mol. The molecule has 0 saturated carbocycles. The summed E-state index contributed by atoms with van der Waals surface area (Å²) < 4.78 is 18.8. The summed E-state index contributed by atoms with van der Waals surface area (Å²) in [6, 6.07) is 0. The third-order valence-electron chi connectivity index (χ3n) is 8.84. The average molecular weight is 583 g/mol. The van der Waals surface area contributed by atoms with Crippen molar-refractivity contribution in [3.05, 3.63) is 0 Å². The largest absolute Gasteiger partial charge is 0.328 e. The van der Waals surface area contributed by atoms with Gasteiger partial charge in [0, 0.05) is 51.9 Å². The van der Waals surface area contributed by atoms with Gasteiger partial charge in [0.05, 0.1) is 0 Å². The highest BCUT2D eigenvalue weighted by Crippen LogP contribution is 2.34. The number of hydrogen-bond donors (Lipinski definition) is 0. The van der Waals surface area contributed by atoms with Gasteiger partial charge in [0.2, 0.25) is 0 Å². The van der Waals surface area contributed by atoms with Crippen LogP contribution in [0.5, 0.6) is 0 Å². The van der Waals surface area contributed by atoms with Gasteiger partial charge in [0.25, 0.3) is 5.97 Å². The van der Waals surface area contributed by atoms with Crippen LogP contribution in [0, 0.1) is 11.3 Å². The molecular formula is C36H74N2O3. The third kappa shape index (κ3) is 18.9. The molecule has 1 aliphatic heterocycles. The molecule has 5 nitrogen and oxygen atoms in total. The lowest BCUT2D eigenvalue weighted by atomic mass is 9.89. The van der Waals surface area contributed by atoms with Crippen LogP contribution in [0.15, 0.2) is 0 Å². The van der Waals surface area contributed by atoms with Gasteiger partial charge >= 0.3 is 0 Å². The van der Waals surface area contributed by atoms with Crippen molar-refractivity contribution in [2.75, 3.05) is 59.1 Å². The zero-order valence-corrected chi connectivity index (χ0v) is 29.1. The van der Waals surface area contributed by atoms with Crippen LogP contribution in [0.1, 0.15) is 158 Å². The Kier molecular flexibility index (Phi) is 22.9. The molecule has 5 heteroatoms. The lowest BCUT2D eigenvalue weighted by Crippen LogP contribution is -2.48. The molecule has 41 heavy (non-hydrogen) atoms. The summed E-state index contributed by atoms with van der Waals surface area (Å²) in [5.74, 6) is -0.597. The molecular weight excluding hydrogens is 508 g/mol. The van der Waals surface area contributed by atoms with Crippen LogP contribution in [-0.2, 0) is 14.2 Å². The monoisotopic (exact) mass is 583 g/mol. The minimum absolute atomic E-state index is 0.285. The van der Waals surface area contributed by atoms with Gasteiger partial charge < -0.3 is 24.0 Å². The first kappa shape index (κ1) is 38.8. The van der Waals surface area contributed by atoms with E-state index in [-0.39, 0.29) is 5.92 Å². The summed E-state index contributed by atoms with van der Waals surface area (Å²) in [6.45, 7) is 24.8. The highest BCUT2D eigenvalue weighted by Gasteiger charge is 2.41. The zero-order valence-electron chi connectivity index (χ0n) is 29.1. The highest BCUT2D eigenvalue weighted by atomic mass is 16.9. The molecule has 1 fully saturated rings. The predicted octanol–water partition coefficient (Wildman–Crippen LogP) is 9.68. The van der Waals surface area contributed by atoms with Gasteiger partial charge in [-0.15, -0.1) is 0 Å². The quantitative estimate of drug-likeness (QED) is 0.0711. The van der Waals surface area contributed by atoms with Crippen LogP contribution in [-0.4, -0.2) is 74.9 Å². The maximum absolute atomic E-state index is 6.25. The Morgan fingerprint density at radius 3 is 1.41 bits per heavy atom. The first-order chi connectivity index (χ1) is 19.8. The van der Waals surface area contributed by atoms with Gasteiger partial charge in [-0.3, -0.25) is 0 Å². The number of rotatable bonds is 27. The van der Waals surface area contributed by atoms with Gasteiger partial charge in [0.15, 0.2) is 0 Å². The van der Waals surface area contributed by atoms with E-state index in [0.29, 0.717) is 25.2 Å². The number of hydrogen-bond acceptors (Lipinski definition) is 5. The Morgan fingerprint density at radius 2 is 0.927 bits per heavy atom. The molecule has 0 N–H and O–H groups in total. The van der Waals surface area contributed by atoms with Crippen LogP contribution in [0.25, 0.3) is 0 Å². The third-order valence-corrected chi connectivity index (χ3v) is 8.84. The smallest absolute Gasteiger partial charge is 0.285 e. The van der Waals surface area contributed by atoms with Crippen LogP contribution in [0.2, 0.25) is 0 Å². The van der Waals surface area contributed by atoms with Crippen LogP contribution in [0.3, 0.4) is 0 Å². The molecule has 1 heterocycles. The Hall–Kier alpha value is -0.200. The van der Waals surface area contributed by atoms with E-state index >= 15 is 0 Å². The fourth-order valence-electron chi connectivity index (χ4n) is 6.42. The van der Waals surface area contributed by atoms with Crippen molar-refractivity contribution < 1.29 is 14.2 Å². The molecule has 1 unspecified atom stereocenters. The van der Waals surface area contributed by atoms with Crippen molar-refractivity contribution in [2.24, 2.45) is 11.3 Å². The first-order valence-corrected chi connectivity index (χ1v) is 18.2. The average Bonchev–Trinajstić information content (AvgIpc) is 2.93. The number of ether oxygens (including phenoxy) is 3. The molecule has 246 valence electrons. The number of nitrogens with zero attached hydrogens (tertiary/aromatic N) is 2. The molecule has 0 spiro atoms. The van der Waals surface area contributed by atoms with E-state index in [4.69, 9.17) is 14.2 Å². The molecule has 1 atom stereocenters. The Bertz CT molecular complexity index is 555. The van der Waals surface area contributed by atoms with E-state index in [0.717, 1.165) is 12.8 Å². The number of piperazine rings is 1. The summed E-state index contributed by atoms with van der Waals surface area (Å²) in [5.41, 5.74) is 0.502. The fourth-order valence-corrected chi connectivity index (χ4v) is 6.42. The number of unbranched alkanes of at least 4 members (excludes halogenated alkanes) is 11. The van der Waals surface area contributed by atoms with Gasteiger partial charge in [-0.25, -0.2) is 0 Å². The van der Waals surface area contributed by atoms with Crippen molar-refractivity contribution >= 4 is 0 Å². The summed E-state index contributed by atoms with van der Waals surface area (Å²) in [4.78, 5) is 5.38. The summed E-state index contributed by atoms with van der Waals surface area (Å²) in [7, 11) is 0. The maximum atomic E-state index is 6.25. The van der Waals surface area contributed by atoms with Gasteiger partial charge in [0.1, 0.15) is 0 Å². The summed E-state index contributed by atoms with van der Waals surface area (Å²) >= 11 is 0. The molecule has 0 amide bonds. The van der Waals surface area contributed by atoms with Crippen LogP contribution < -0.4 is 0 Å². The summed E-state index contributed by atoms with van der Waals surface area (Å²) in [5, 5.41) is 0. The molecule has 1 saturated heterocycles. The van der Waals surface area contributed by atoms with E-state index < -0.39 is 5.97 Å². The molecule has 1 aliphatic rings. The second-order valence-electron chi connectivity index (χ2n) is 13.8. The first-order valence-electron chi connectivity index (χ1n) is 18.2. The molecule has 0 aromatic carbocycles. The van der Waals surface area contributed by atoms with E-state index in [2.05, 4.69) is 58.3 Å². The van der Waals surface area contributed by atoms with Crippen molar-refractivity contribution in [2.45, 2.75) is 164 Å². The summed E-state index contributed by atoms with van der Waals surface area (Å²) in [6.07, 6.45) is 22.5. The van der Waals surface area contributed by atoms with E-state index in [1.54, 1.807) is 0 Å². The Balaban J connectivity index is 2.35. The normalized spacial score (nSPS) is 16.5. The van der Waals surface area contributed by atoms with E-state index in [9.17, 15) is 0 Å². The van der Waals surface area contributed by atoms with Crippen molar-refractivity contribution in [3.8, 4) is 0 Å². The Morgan fingerprint density at radius 1 is 0.512 bits per heavy atom. The Labute approximate surface area is 257 Å². The highest BCUT2D eigenvalue weighted by molar-refractivity contribution is 4.76. The van der Waals surface area contributed by atoms with Crippen LogP contribution >= 0.6 is 0 Å². The molecule has 0 bridgehead atoms. The minimum Gasteiger partial charge on any atom is -0.328 e. The molecule has 1 rings (SSSR count).